The lowest BCUT2D eigenvalue weighted by Crippen LogP contribution is -2.37. The van der Waals surface area contributed by atoms with Gasteiger partial charge in [0.05, 0.1) is 10.6 Å². The number of hydrogen-bond donors (Lipinski definition) is 1. The van der Waals surface area contributed by atoms with Crippen LogP contribution in [0.4, 0.5) is 8.78 Å². The highest BCUT2D eigenvalue weighted by molar-refractivity contribution is 6.38. The Morgan fingerprint density at radius 2 is 1.96 bits per heavy atom. The van der Waals surface area contributed by atoms with Crippen LogP contribution < -0.4 is 5.32 Å². The lowest BCUT2D eigenvalue weighted by atomic mass is 9.87. The standard InChI is InChI=1S/C17H17ClF2N2O/c1-9-2-4-11(5-3-9)22-17(23)13-8-21-16-12(15(13)18)6-10(19)7-14(16)20/h6-9,11H,2-5H2,1H3,(H,22,23). The minimum Gasteiger partial charge on any atom is -0.349 e. The van der Waals surface area contributed by atoms with Crippen LogP contribution in [0.1, 0.15) is 43.0 Å². The molecule has 122 valence electrons. The van der Waals surface area contributed by atoms with Crippen molar-refractivity contribution in [2.75, 3.05) is 0 Å². The summed E-state index contributed by atoms with van der Waals surface area (Å²) in [4.78, 5) is 16.3. The predicted octanol–water partition coefficient (Wildman–Crippen LogP) is 4.47. The monoisotopic (exact) mass is 338 g/mol. The third-order valence-electron chi connectivity index (χ3n) is 4.42. The quantitative estimate of drug-likeness (QED) is 0.877. The molecule has 0 atom stereocenters. The van der Waals surface area contributed by atoms with Gasteiger partial charge in [0.1, 0.15) is 11.3 Å². The van der Waals surface area contributed by atoms with Gasteiger partial charge in [-0.1, -0.05) is 18.5 Å². The van der Waals surface area contributed by atoms with Crippen LogP contribution in [0.5, 0.6) is 0 Å². The molecule has 0 bridgehead atoms. The third-order valence-corrected chi connectivity index (χ3v) is 4.83. The van der Waals surface area contributed by atoms with E-state index in [1.54, 1.807) is 0 Å². The number of halogens is 3. The lowest BCUT2D eigenvalue weighted by Gasteiger charge is -2.27. The summed E-state index contributed by atoms with van der Waals surface area (Å²) < 4.78 is 27.1. The maximum Gasteiger partial charge on any atom is 0.254 e. The zero-order valence-electron chi connectivity index (χ0n) is 12.7. The Labute approximate surface area is 138 Å². The fourth-order valence-electron chi connectivity index (χ4n) is 3.02. The molecule has 1 amide bonds. The van der Waals surface area contributed by atoms with Crippen LogP contribution in [-0.2, 0) is 0 Å². The molecule has 1 saturated carbocycles. The topological polar surface area (TPSA) is 42.0 Å². The van der Waals surface area contributed by atoms with Crippen LogP contribution in [0.3, 0.4) is 0 Å². The van der Waals surface area contributed by atoms with Gasteiger partial charge in [-0.25, -0.2) is 8.78 Å². The summed E-state index contributed by atoms with van der Waals surface area (Å²) in [7, 11) is 0. The number of benzene rings is 1. The fourth-order valence-corrected chi connectivity index (χ4v) is 3.30. The molecule has 1 heterocycles. The van der Waals surface area contributed by atoms with Crippen LogP contribution in [-0.4, -0.2) is 16.9 Å². The highest BCUT2D eigenvalue weighted by Crippen LogP contribution is 2.29. The average Bonchev–Trinajstić information content (AvgIpc) is 2.50. The molecule has 1 aromatic heterocycles. The van der Waals surface area contributed by atoms with Gasteiger partial charge in [-0.2, -0.15) is 0 Å². The first-order valence-electron chi connectivity index (χ1n) is 7.70. The van der Waals surface area contributed by atoms with Crippen molar-refractivity contribution in [2.45, 2.75) is 38.6 Å². The van der Waals surface area contributed by atoms with Crippen molar-refractivity contribution in [3.63, 3.8) is 0 Å². The van der Waals surface area contributed by atoms with Crippen molar-refractivity contribution < 1.29 is 13.6 Å². The van der Waals surface area contributed by atoms with Crippen molar-refractivity contribution in [3.05, 3.63) is 40.6 Å². The molecule has 23 heavy (non-hydrogen) atoms. The summed E-state index contributed by atoms with van der Waals surface area (Å²) in [6.07, 6.45) is 5.24. The molecule has 0 aliphatic heterocycles. The van der Waals surface area contributed by atoms with Gasteiger partial charge in [-0.05, 0) is 37.7 Å². The minimum atomic E-state index is -0.796. The molecule has 1 fully saturated rings. The number of nitrogens with one attached hydrogen (secondary N) is 1. The third kappa shape index (κ3) is 3.29. The van der Waals surface area contributed by atoms with Crippen LogP contribution >= 0.6 is 11.6 Å². The summed E-state index contributed by atoms with van der Waals surface area (Å²) >= 11 is 6.19. The second-order valence-corrected chi connectivity index (χ2v) is 6.58. The molecule has 1 aliphatic rings. The molecule has 0 spiro atoms. The summed E-state index contributed by atoms with van der Waals surface area (Å²) in [5.41, 5.74) is 0.0993. The SMILES string of the molecule is CC1CCC(NC(=O)c2cnc3c(F)cc(F)cc3c2Cl)CC1. The zero-order chi connectivity index (χ0) is 16.6. The number of carbonyl (C=O) groups excluding carboxylic acids is 1. The maximum atomic E-state index is 13.7. The van der Waals surface area contributed by atoms with Crippen molar-refractivity contribution in [1.82, 2.24) is 10.3 Å². The molecule has 2 aromatic rings. The van der Waals surface area contributed by atoms with Crippen LogP contribution in [0.15, 0.2) is 18.3 Å². The van der Waals surface area contributed by atoms with Gasteiger partial charge in [0.25, 0.3) is 5.91 Å². The normalized spacial score (nSPS) is 21.4. The zero-order valence-corrected chi connectivity index (χ0v) is 13.5. The first-order chi connectivity index (χ1) is 11.0. The van der Waals surface area contributed by atoms with E-state index in [4.69, 9.17) is 11.6 Å². The first kappa shape index (κ1) is 16.1. The molecule has 3 rings (SSSR count). The molecule has 3 nitrogen and oxygen atoms in total. The van der Waals surface area contributed by atoms with E-state index in [0.29, 0.717) is 5.92 Å². The number of pyridine rings is 1. The van der Waals surface area contributed by atoms with Gasteiger partial charge >= 0.3 is 0 Å². The van der Waals surface area contributed by atoms with E-state index in [0.717, 1.165) is 37.8 Å². The molecule has 1 aromatic carbocycles. The highest BCUT2D eigenvalue weighted by Gasteiger charge is 2.22. The van der Waals surface area contributed by atoms with E-state index < -0.39 is 11.6 Å². The Kier molecular flexibility index (Phi) is 4.48. The van der Waals surface area contributed by atoms with E-state index >= 15 is 0 Å². The van der Waals surface area contributed by atoms with Crippen molar-refractivity contribution in [3.8, 4) is 0 Å². The lowest BCUT2D eigenvalue weighted by molar-refractivity contribution is 0.0923. The molecule has 6 heteroatoms. The maximum absolute atomic E-state index is 13.7. The largest absolute Gasteiger partial charge is 0.349 e. The number of aromatic nitrogens is 1. The van der Waals surface area contributed by atoms with Gasteiger partial charge in [-0.3, -0.25) is 9.78 Å². The van der Waals surface area contributed by atoms with Crippen molar-refractivity contribution >= 4 is 28.4 Å². The van der Waals surface area contributed by atoms with E-state index in [1.165, 1.54) is 6.20 Å². The Morgan fingerprint density at radius 1 is 1.26 bits per heavy atom. The smallest absolute Gasteiger partial charge is 0.254 e. The minimum absolute atomic E-state index is 0.0232. The molecule has 1 N–H and O–H groups in total. The van der Waals surface area contributed by atoms with Gasteiger partial charge in [0, 0.05) is 23.7 Å². The fraction of sp³-hybridized carbons (Fsp3) is 0.412. The van der Waals surface area contributed by atoms with Crippen LogP contribution in [0.2, 0.25) is 5.02 Å². The number of hydrogen-bond acceptors (Lipinski definition) is 2. The Hall–Kier alpha value is -1.75. The molecule has 0 saturated heterocycles. The van der Waals surface area contributed by atoms with Crippen molar-refractivity contribution in [1.29, 1.82) is 0 Å². The number of nitrogens with zero attached hydrogens (tertiary/aromatic N) is 1. The van der Waals surface area contributed by atoms with Gasteiger partial charge in [-0.15, -0.1) is 0 Å². The van der Waals surface area contributed by atoms with E-state index in [9.17, 15) is 13.6 Å². The van der Waals surface area contributed by atoms with Gasteiger partial charge < -0.3 is 5.32 Å². The number of fused-ring (bicyclic) bond motifs is 1. The predicted molar refractivity (Wildman–Crippen MR) is 85.6 cm³/mol. The van der Waals surface area contributed by atoms with E-state index in [-0.39, 0.29) is 33.4 Å². The molecule has 1 aliphatic carbocycles. The number of rotatable bonds is 2. The molecule has 0 unspecified atom stereocenters. The first-order valence-corrected chi connectivity index (χ1v) is 8.07. The Bertz CT molecular complexity index is 758. The second-order valence-electron chi connectivity index (χ2n) is 6.20. The Balaban J connectivity index is 1.87. The Morgan fingerprint density at radius 3 is 2.65 bits per heavy atom. The summed E-state index contributed by atoms with van der Waals surface area (Å²) in [5, 5.41) is 3.07. The van der Waals surface area contributed by atoms with Gasteiger partial charge in [0.2, 0.25) is 0 Å². The summed E-state index contributed by atoms with van der Waals surface area (Å²) in [6.45, 7) is 2.20. The van der Waals surface area contributed by atoms with Crippen LogP contribution in [0.25, 0.3) is 10.9 Å². The average molecular weight is 339 g/mol. The summed E-state index contributed by atoms with van der Waals surface area (Å²) in [6, 6.07) is 1.94. The number of carbonyl (C=O) groups is 1. The van der Waals surface area contributed by atoms with Crippen LogP contribution in [0, 0.1) is 17.6 Å². The summed E-state index contributed by atoms with van der Waals surface area (Å²) in [5.74, 6) is -1.22. The highest BCUT2D eigenvalue weighted by atomic mass is 35.5. The molecular weight excluding hydrogens is 322 g/mol. The molecular formula is C17H17ClF2N2O. The van der Waals surface area contributed by atoms with E-state index in [2.05, 4.69) is 17.2 Å². The number of amides is 1. The van der Waals surface area contributed by atoms with Crippen molar-refractivity contribution in [2.24, 2.45) is 5.92 Å². The van der Waals surface area contributed by atoms with E-state index in [1.807, 2.05) is 0 Å². The second kappa shape index (κ2) is 6.40. The molecule has 0 radical (unpaired) electrons. The van der Waals surface area contributed by atoms with Gasteiger partial charge in [0.15, 0.2) is 5.82 Å².